The Kier molecular flexibility index (Phi) is 4.99. The molecule has 2 heteroatoms. The molecule has 0 fully saturated rings. The molecule has 0 heterocycles. The molecular weight excluding hydrogens is 234 g/mol. The molecule has 0 saturated heterocycles. The molecule has 2 aromatic rings. The van der Waals surface area contributed by atoms with Crippen LogP contribution in [0.4, 0.5) is 0 Å². The first-order valence-corrected chi connectivity index (χ1v) is 6.80. The standard InChI is InChI=1S/C17H21NO/c1-2-14-8-6-7-11-17(14)19-13-16(12-18)15-9-4-3-5-10-15/h3-11,16H,2,12-13,18H2,1H3. The third-order valence-electron chi connectivity index (χ3n) is 3.35. The predicted molar refractivity (Wildman–Crippen MR) is 79.6 cm³/mol. The molecule has 100 valence electrons. The molecule has 0 radical (unpaired) electrons. The summed E-state index contributed by atoms with van der Waals surface area (Å²) in [5.74, 6) is 1.21. The van der Waals surface area contributed by atoms with E-state index in [1.54, 1.807) is 0 Å². The molecule has 0 aromatic heterocycles. The Morgan fingerprint density at radius 1 is 1.00 bits per heavy atom. The highest BCUT2D eigenvalue weighted by molar-refractivity contribution is 5.33. The van der Waals surface area contributed by atoms with Crippen LogP contribution >= 0.6 is 0 Å². The van der Waals surface area contributed by atoms with Crippen molar-refractivity contribution < 1.29 is 4.74 Å². The molecule has 0 bridgehead atoms. The van der Waals surface area contributed by atoms with Crippen LogP contribution in [0, 0.1) is 0 Å². The van der Waals surface area contributed by atoms with Crippen molar-refractivity contribution in [3.63, 3.8) is 0 Å². The molecule has 0 spiro atoms. The van der Waals surface area contributed by atoms with Crippen molar-refractivity contribution in [3.05, 3.63) is 65.7 Å². The van der Waals surface area contributed by atoms with Gasteiger partial charge in [-0.2, -0.15) is 0 Å². The van der Waals surface area contributed by atoms with Crippen molar-refractivity contribution in [2.24, 2.45) is 5.73 Å². The SMILES string of the molecule is CCc1ccccc1OCC(CN)c1ccccc1. The summed E-state index contributed by atoms with van der Waals surface area (Å²) in [6.07, 6.45) is 0.981. The molecular formula is C17H21NO. The molecule has 19 heavy (non-hydrogen) atoms. The minimum atomic E-state index is 0.242. The smallest absolute Gasteiger partial charge is 0.122 e. The van der Waals surface area contributed by atoms with E-state index in [9.17, 15) is 0 Å². The van der Waals surface area contributed by atoms with Gasteiger partial charge in [-0.15, -0.1) is 0 Å². The van der Waals surface area contributed by atoms with E-state index in [-0.39, 0.29) is 5.92 Å². The van der Waals surface area contributed by atoms with E-state index in [1.165, 1.54) is 11.1 Å². The summed E-state index contributed by atoms with van der Waals surface area (Å²) in [7, 11) is 0. The third-order valence-corrected chi connectivity index (χ3v) is 3.35. The lowest BCUT2D eigenvalue weighted by molar-refractivity contribution is 0.288. The maximum Gasteiger partial charge on any atom is 0.122 e. The van der Waals surface area contributed by atoms with Gasteiger partial charge in [-0.1, -0.05) is 55.5 Å². The lowest BCUT2D eigenvalue weighted by atomic mass is 10.0. The quantitative estimate of drug-likeness (QED) is 0.859. The zero-order valence-electron chi connectivity index (χ0n) is 11.4. The normalized spacial score (nSPS) is 12.1. The van der Waals surface area contributed by atoms with Gasteiger partial charge >= 0.3 is 0 Å². The zero-order chi connectivity index (χ0) is 13.5. The molecule has 0 aliphatic heterocycles. The first kappa shape index (κ1) is 13.6. The summed E-state index contributed by atoms with van der Waals surface area (Å²) in [5.41, 5.74) is 8.34. The molecule has 0 amide bonds. The van der Waals surface area contributed by atoms with Gasteiger partial charge in [0.05, 0.1) is 6.61 Å². The third kappa shape index (κ3) is 3.58. The van der Waals surface area contributed by atoms with Crippen LogP contribution in [0.1, 0.15) is 24.0 Å². The van der Waals surface area contributed by atoms with E-state index in [0.717, 1.165) is 12.2 Å². The maximum atomic E-state index is 5.96. The fraction of sp³-hybridized carbons (Fsp3) is 0.294. The van der Waals surface area contributed by atoms with Gasteiger partial charge in [-0.25, -0.2) is 0 Å². The summed E-state index contributed by atoms with van der Waals surface area (Å²) < 4.78 is 5.96. The number of nitrogens with two attached hydrogens (primary N) is 1. The molecule has 0 aliphatic rings. The highest BCUT2D eigenvalue weighted by atomic mass is 16.5. The summed E-state index contributed by atoms with van der Waals surface area (Å²) in [6.45, 7) is 3.36. The summed E-state index contributed by atoms with van der Waals surface area (Å²) in [5, 5.41) is 0. The fourth-order valence-electron chi connectivity index (χ4n) is 2.15. The maximum absolute atomic E-state index is 5.96. The lowest BCUT2D eigenvalue weighted by Crippen LogP contribution is -2.19. The Morgan fingerprint density at radius 2 is 1.68 bits per heavy atom. The second-order valence-electron chi connectivity index (χ2n) is 4.62. The van der Waals surface area contributed by atoms with E-state index in [2.05, 4.69) is 25.1 Å². The summed E-state index contributed by atoms with van der Waals surface area (Å²) >= 11 is 0. The monoisotopic (exact) mass is 255 g/mol. The molecule has 2 aromatic carbocycles. The van der Waals surface area contributed by atoms with Crippen LogP contribution in [0.25, 0.3) is 0 Å². The molecule has 2 nitrogen and oxygen atoms in total. The van der Waals surface area contributed by atoms with Crippen LogP contribution in [0.15, 0.2) is 54.6 Å². The highest BCUT2D eigenvalue weighted by Gasteiger charge is 2.11. The van der Waals surface area contributed by atoms with Crippen LogP contribution in [0.3, 0.4) is 0 Å². The van der Waals surface area contributed by atoms with Crippen LogP contribution in [0.5, 0.6) is 5.75 Å². The van der Waals surface area contributed by atoms with Gasteiger partial charge in [0.1, 0.15) is 5.75 Å². The van der Waals surface area contributed by atoms with E-state index < -0.39 is 0 Å². The first-order valence-electron chi connectivity index (χ1n) is 6.80. The fourth-order valence-corrected chi connectivity index (χ4v) is 2.15. The van der Waals surface area contributed by atoms with Crippen LogP contribution < -0.4 is 10.5 Å². The van der Waals surface area contributed by atoms with Crippen LogP contribution in [0.2, 0.25) is 0 Å². The number of hydrogen-bond acceptors (Lipinski definition) is 2. The summed E-state index contributed by atoms with van der Waals surface area (Å²) in [4.78, 5) is 0. The lowest BCUT2D eigenvalue weighted by Gasteiger charge is -2.17. The molecule has 2 N–H and O–H groups in total. The van der Waals surface area contributed by atoms with Crippen molar-refractivity contribution in [2.75, 3.05) is 13.2 Å². The Morgan fingerprint density at radius 3 is 2.37 bits per heavy atom. The minimum Gasteiger partial charge on any atom is -0.493 e. The number of aryl methyl sites for hydroxylation is 1. The van der Waals surface area contributed by atoms with E-state index >= 15 is 0 Å². The number of rotatable bonds is 6. The zero-order valence-corrected chi connectivity index (χ0v) is 11.4. The first-order chi connectivity index (χ1) is 9.35. The van der Waals surface area contributed by atoms with Crippen molar-refractivity contribution in [3.8, 4) is 5.75 Å². The van der Waals surface area contributed by atoms with Gasteiger partial charge in [-0.05, 0) is 23.6 Å². The predicted octanol–water partition coefficient (Wildman–Crippen LogP) is 3.37. The Bertz CT molecular complexity index is 496. The van der Waals surface area contributed by atoms with Gasteiger partial charge in [0.25, 0.3) is 0 Å². The van der Waals surface area contributed by atoms with E-state index in [4.69, 9.17) is 10.5 Å². The Balaban J connectivity index is 2.04. The van der Waals surface area contributed by atoms with Crippen molar-refractivity contribution >= 4 is 0 Å². The number of hydrogen-bond donors (Lipinski definition) is 1. The van der Waals surface area contributed by atoms with E-state index in [1.807, 2.05) is 36.4 Å². The van der Waals surface area contributed by atoms with Crippen LogP contribution in [-0.2, 0) is 6.42 Å². The van der Waals surface area contributed by atoms with Gasteiger partial charge in [0.15, 0.2) is 0 Å². The topological polar surface area (TPSA) is 35.2 Å². The van der Waals surface area contributed by atoms with Gasteiger partial charge in [-0.3, -0.25) is 0 Å². The molecule has 2 rings (SSSR count). The number of benzene rings is 2. The molecule has 1 unspecified atom stereocenters. The molecule has 0 saturated carbocycles. The number of para-hydroxylation sites is 1. The average molecular weight is 255 g/mol. The Hall–Kier alpha value is -1.80. The largest absolute Gasteiger partial charge is 0.493 e. The summed E-state index contributed by atoms with van der Waals surface area (Å²) in [6, 6.07) is 18.5. The number of ether oxygens (including phenoxy) is 1. The molecule has 1 atom stereocenters. The van der Waals surface area contributed by atoms with Gasteiger partial charge in [0.2, 0.25) is 0 Å². The van der Waals surface area contributed by atoms with Crippen molar-refractivity contribution in [2.45, 2.75) is 19.3 Å². The van der Waals surface area contributed by atoms with Crippen LogP contribution in [-0.4, -0.2) is 13.2 Å². The minimum absolute atomic E-state index is 0.242. The van der Waals surface area contributed by atoms with Crippen molar-refractivity contribution in [1.82, 2.24) is 0 Å². The Labute approximate surface area is 115 Å². The average Bonchev–Trinajstić information content (AvgIpc) is 2.49. The second kappa shape index (κ2) is 6.95. The van der Waals surface area contributed by atoms with E-state index in [0.29, 0.717) is 13.2 Å². The second-order valence-corrected chi connectivity index (χ2v) is 4.62. The molecule has 0 aliphatic carbocycles. The van der Waals surface area contributed by atoms with Crippen molar-refractivity contribution in [1.29, 1.82) is 0 Å². The van der Waals surface area contributed by atoms with Gasteiger partial charge in [0, 0.05) is 12.5 Å². The highest BCUT2D eigenvalue weighted by Crippen LogP contribution is 2.21. The van der Waals surface area contributed by atoms with Gasteiger partial charge < -0.3 is 10.5 Å².